The van der Waals surface area contributed by atoms with E-state index in [-0.39, 0.29) is 18.0 Å². The van der Waals surface area contributed by atoms with E-state index >= 15 is 0 Å². The molecule has 1 saturated heterocycles. The Morgan fingerprint density at radius 1 is 1.12 bits per heavy atom. The van der Waals surface area contributed by atoms with Crippen LogP contribution in [0.2, 0.25) is 0 Å². The SMILES string of the molecule is Cc1nc2ccc(NS(=O)(=O)c3ccccc3OC(F)(F)F)cc2cc1C1CCC(=O)NC1=O. The summed E-state index contributed by atoms with van der Waals surface area (Å²) in [6, 6.07) is 10.5. The minimum absolute atomic E-state index is 0.0780. The van der Waals surface area contributed by atoms with E-state index in [2.05, 4.69) is 19.8 Å². The van der Waals surface area contributed by atoms with Gasteiger partial charge >= 0.3 is 6.36 Å². The van der Waals surface area contributed by atoms with E-state index in [1.807, 2.05) is 0 Å². The number of ether oxygens (including phenoxy) is 1. The lowest BCUT2D eigenvalue weighted by Gasteiger charge is -2.22. The van der Waals surface area contributed by atoms with E-state index < -0.39 is 38.9 Å². The van der Waals surface area contributed by atoms with Gasteiger partial charge in [-0.2, -0.15) is 0 Å². The molecule has 2 amide bonds. The monoisotopic (exact) mass is 493 g/mol. The number of alkyl halides is 3. The number of hydrogen-bond donors (Lipinski definition) is 2. The maximum Gasteiger partial charge on any atom is 0.573 e. The minimum atomic E-state index is -5.06. The molecule has 1 atom stereocenters. The first-order valence-corrected chi connectivity index (χ1v) is 11.5. The van der Waals surface area contributed by atoms with Crippen LogP contribution in [0.5, 0.6) is 5.75 Å². The zero-order chi connectivity index (χ0) is 24.7. The first kappa shape index (κ1) is 23.5. The van der Waals surface area contributed by atoms with Gasteiger partial charge in [-0.1, -0.05) is 12.1 Å². The van der Waals surface area contributed by atoms with Crippen LogP contribution >= 0.6 is 0 Å². The van der Waals surface area contributed by atoms with E-state index in [0.29, 0.717) is 28.6 Å². The van der Waals surface area contributed by atoms with Crippen molar-refractivity contribution in [3.05, 3.63) is 59.8 Å². The Morgan fingerprint density at radius 3 is 2.56 bits per heavy atom. The number of piperidine rings is 1. The molecule has 3 aromatic rings. The molecule has 2 N–H and O–H groups in total. The molecule has 1 aromatic heterocycles. The van der Waals surface area contributed by atoms with E-state index in [4.69, 9.17) is 0 Å². The molecule has 2 heterocycles. The van der Waals surface area contributed by atoms with E-state index in [9.17, 15) is 31.2 Å². The van der Waals surface area contributed by atoms with Gasteiger partial charge in [-0.15, -0.1) is 13.2 Å². The highest BCUT2D eigenvalue weighted by atomic mass is 32.2. The van der Waals surface area contributed by atoms with Crippen molar-refractivity contribution in [3.63, 3.8) is 0 Å². The van der Waals surface area contributed by atoms with Crippen molar-refractivity contribution >= 4 is 38.4 Å². The fourth-order valence-electron chi connectivity index (χ4n) is 3.79. The first-order valence-electron chi connectivity index (χ1n) is 10.1. The number of amides is 2. The number of carbonyl (C=O) groups excluding carboxylic acids is 2. The molecular weight excluding hydrogens is 475 g/mol. The third-order valence-corrected chi connectivity index (χ3v) is 6.70. The third-order valence-electron chi connectivity index (χ3n) is 5.28. The number of benzene rings is 2. The summed E-state index contributed by atoms with van der Waals surface area (Å²) < 4.78 is 69.8. The second-order valence-electron chi connectivity index (χ2n) is 7.67. The Hall–Kier alpha value is -3.67. The Labute approximate surface area is 192 Å². The molecule has 2 aromatic carbocycles. The number of sulfonamides is 1. The summed E-state index contributed by atoms with van der Waals surface area (Å²) in [7, 11) is -4.44. The van der Waals surface area contributed by atoms with Crippen LogP contribution in [0.15, 0.2) is 53.4 Å². The number of para-hydroxylation sites is 1. The molecule has 0 radical (unpaired) electrons. The number of nitrogens with zero attached hydrogens (tertiary/aromatic N) is 1. The largest absolute Gasteiger partial charge is 0.573 e. The second-order valence-corrected chi connectivity index (χ2v) is 9.33. The number of aryl methyl sites for hydroxylation is 1. The van der Waals surface area contributed by atoms with Gasteiger partial charge in [0.1, 0.15) is 10.6 Å². The highest BCUT2D eigenvalue weighted by Crippen LogP contribution is 2.33. The molecule has 178 valence electrons. The summed E-state index contributed by atoms with van der Waals surface area (Å²) in [5.74, 6) is -2.22. The van der Waals surface area contributed by atoms with Crippen LogP contribution in [0.25, 0.3) is 10.9 Å². The number of aromatic nitrogens is 1. The molecule has 12 heteroatoms. The average Bonchev–Trinajstić information content (AvgIpc) is 2.73. The molecular formula is C22H18F3N3O5S. The molecule has 8 nitrogen and oxygen atoms in total. The van der Waals surface area contributed by atoms with Crippen LogP contribution in [0.1, 0.15) is 30.0 Å². The standard InChI is InChI=1S/C22H18F3N3O5S/c1-12-16(15-7-9-20(29)27-21(15)30)11-13-10-14(6-8-17(13)26-12)28-34(31,32)19-5-3-2-4-18(19)33-22(23,24)25/h2-6,8,10-11,15,28H,7,9H2,1H3,(H,27,29,30). The van der Waals surface area contributed by atoms with E-state index in [1.54, 1.807) is 19.1 Å². The van der Waals surface area contributed by atoms with Crippen molar-refractivity contribution in [3.8, 4) is 5.75 Å². The Bertz CT molecular complexity index is 1410. The number of halogens is 3. The molecule has 34 heavy (non-hydrogen) atoms. The summed E-state index contributed by atoms with van der Waals surface area (Å²) in [5.41, 5.74) is 1.79. The fourth-order valence-corrected chi connectivity index (χ4v) is 4.97. The van der Waals surface area contributed by atoms with Crippen molar-refractivity contribution in [2.75, 3.05) is 4.72 Å². The van der Waals surface area contributed by atoms with Crippen LogP contribution in [-0.2, 0) is 19.6 Å². The van der Waals surface area contributed by atoms with Gasteiger partial charge in [-0.05, 0) is 55.3 Å². The highest BCUT2D eigenvalue weighted by Gasteiger charge is 2.34. The van der Waals surface area contributed by atoms with Crippen molar-refractivity contribution in [1.29, 1.82) is 0 Å². The smallest absolute Gasteiger partial charge is 0.404 e. The second kappa shape index (κ2) is 8.60. The maximum atomic E-state index is 12.8. The summed E-state index contributed by atoms with van der Waals surface area (Å²) in [4.78, 5) is 27.5. The number of hydrogen-bond acceptors (Lipinski definition) is 6. The molecule has 1 aliphatic rings. The highest BCUT2D eigenvalue weighted by molar-refractivity contribution is 7.92. The average molecular weight is 493 g/mol. The molecule has 1 fully saturated rings. The fraction of sp³-hybridized carbons (Fsp3) is 0.227. The van der Waals surface area contributed by atoms with E-state index in [1.165, 1.54) is 24.3 Å². The van der Waals surface area contributed by atoms with Gasteiger partial charge in [0, 0.05) is 23.2 Å². The van der Waals surface area contributed by atoms with Crippen molar-refractivity contribution in [1.82, 2.24) is 10.3 Å². The predicted molar refractivity (Wildman–Crippen MR) is 116 cm³/mol. The van der Waals surface area contributed by atoms with E-state index in [0.717, 1.165) is 12.1 Å². The summed E-state index contributed by atoms with van der Waals surface area (Å²) in [6.45, 7) is 1.73. The quantitative estimate of drug-likeness (QED) is 0.523. The van der Waals surface area contributed by atoms with Crippen LogP contribution in [0.3, 0.4) is 0 Å². The first-order chi connectivity index (χ1) is 15.9. The number of fused-ring (bicyclic) bond motifs is 1. The lowest BCUT2D eigenvalue weighted by Crippen LogP contribution is -2.39. The zero-order valence-corrected chi connectivity index (χ0v) is 18.5. The van der Waals surface area contributed by atoms with Gasteiger partial charge in [0.15, 0.2) is 0 Å². The molecule has 0 saturated carbocycles. The lowest BCUT2D eigenvalue weighted by molar-refractivity contribution is -0.275. The van der Waals surface area contributed by atoms with Gasteiger partial charge in [0.25, 0.3) is 10.0 Å². The number of anilines is 1. The zero-order valence-electron chi connectivity index (χ0n) is 17.6. The number of carbonyl (C=O) groups is 2. The number of pyridine rings is 1. The number of imide groups is 1. The predicted octanol–water partition coefficient (Wildman–Crippen LogP) is 3.76. The minimum Gasteiger partial charge on any atom is -0.404 e. The van der Waals surface area contributed by atoms with Crippen molar-refractivity contribution in [2.45, 2.75) is 36.9 Å². The van der Waals surface area contributed by atoms with Gasteiger partial charge in [0.05, 0.1) is 11.4 Å². The Balaban J connectivity index is 1.68. The Kier molecular flexibility index (Phi) is 5.94. The molecule has 4 rings (SSSR count). The molecule has 0 aliphatic carbocycles. The van der Waals surface area contributed by atoms with Gasteiger partial charge in [-0.3, -0.25) is 24.6 Å². The number of rotatable bonds is 5. The van der Waals surface area contributed by atoms with Crippen molar-refractivity contribution < 1.29 is 35.9 Å². The topological polar surface area (TPSA) is 114 Å². The van der Waals surface area contributed by atoms with Crippen LogP contribution in [0, 0.1) is 6.92 Å². The molecule has 0 spiro atoms. The lowest BCUT2D eigenvalue weighted by atomic mass is 9.89. The maximum absolute atomic E-state index is 12.8. The molecule has 1 aliphatic heterocycles. The summed E-state index contributed by atoms with van der Waals surface area (Å²) >= 11 is 0. The van der Waals surface area contributed by atoms with Crippen LogP contribution < -0.4 is 14.8 Å². The van der Waals surface area contributed by atoms with Gasteiger partial charge < -0.3 is 4.74 Å². The molecule has 0 bridgehead atoms. The van der Waals surface area contributed by atoms with Crippen molar-refractivity contribution in [2.24, 2.45) is 0 Å². The van der Waals surface area contributed by atoms with Crippen LogP contribution in [0.4, 0.5) is 18.9 Å². The normalized spacial score (nSPS) is 16.9. The summed E-state index contributed by atoms with van der Waals surface area (Å²) in [6.07, 6.45) is -4.56. The van der Waals surface area contributed by atoms with Gasteiger partial charge in [0.2, 0.25) is 11.8 Å². The van der Waals surface area contributed by atoms with Crippen LogP contribution in [-0.4, -0.2) is 31.6 Å². The Morgan fingerprint density at radius 2 is 1.85 bits per heavy atom. The van der Waals surface area contributed by atoms with Gasteiger partial charge in [-0.25, -0.2) is 8.42 Å². The third kappa shape index (κ3) is 4.96. The molecule has 1 unspecified atom stereocenters. The summed E-state index contributed by atoms with van der Waals surface area (Å²) in [5, 5.41) is 2.80. The number of nitrogens with one attached hydrogen (secondary N) is 2.